The standard InChI is InChI=1S/C41H51N5O8S/c1-2-28-23-41(28,39(49)45-55(51,52)30-19-20-30)44-37(47)33-22-29-24-46(33)38(48)36(26-12-6-7-13-26)43-40(50)54-34-18-10-15-25(34)11-4-3-5-17-32-35(53-29)21-27-14-8-9-16-31(27)42-32/h2,5,8-9,14,16-17,21,25-26,28-30,33-34,36H,1,3-4,6-7,10-13,15,18-20,22-24H2,(H,43,50)(H,44,47)(H,45,49)/b17-5+/t25-,28+,29-,33+,34-,36+,41+/m1/s1. The maximum absolute atomic E-state index is 14.8. The van der Waals surface area contributed by atoms with Crippen molar-refractivity contribution < 1.29 is 37.1 Å². The first-order chi connectivity index (χ1) is 26.5. The molecule has 1 aromatic heterocycles. The molecule has 4 saturated carbocycles. The fourth-order valence-corrected chi connectivity index (χ4v) is 10.6. The van der Waals surface area contributed by atoms with Gasteiger partial charge in [-0.25, -0.2) is 18.2 Å². The Balaban J connectivity index is 1.13. The van der Waals surface area contributed by atoms with Gasteiger partial charge in [0.1, 0.15) is 41.3 Å². The molecule has 8 rings (SSSR count). The molecule has 6 aliphatic rings. The van der Waals surface area contributed by atoms with E-state index in [0.717, 1.165) is 75.1 Å². The molecular formula is C41H51N5O8S. The highest BCUT2D eigenvalue weighted by Gasteiger charge is 2.62. The van der Waals surface area contributed by atoms with Crippen LogP contribution >= 0.6 is 0 Å². The number of nitrogens with zero attached hydrogens (tertiary/aromatic N) is 2. The Hall–Kier alpha value is -4.46. The normalized spacial score (nSPS) is 32.2. The third-order valence-corrected chi connectivity index (χ3v) is 14.4. The minimum Gasteiger partial charge on any atom is -0.486 e. The number of carbonyl (C=O) groups excluding carboxylic acids is 4. The zero-order valence-electron chi connectivity index (χ0n) is 31.1. The second kappa shape index (κ2) is 15.2. The van der Waals surface area contributed by atoms with E-state index in [4.69, 9.17) is 14.5 Å². The Labute approximate surface area is 322 Å². The molecule has 2 aromatic rings. The van der Waals surface area contributed by atoms with E-state index in [9.17, 15) is 27.6 Å². The van der Waals surface area contributed by atoms with Gasteiger partial charge in [-0.15, -0.1) is 6.58 Å². The van der Waals surface area contributed by atoms with Gasteiger partial charge in [-0.2, -0.15) is 0 Å². The number of nitrogens with one attached hydrogen (secondary N) is 3. The topological polar surface area (TPSA) is 173 Å². The Kier molecular flexibility index (Phi) is 10.4. The van der Waals surface area contributed by atoms with Crippen LogP contribution in [0.25, 0.3) is 17.0 Å². The second-order valence-corrected chi connectivity index (χ2v) is 18.3. The largest absolute Gasteiger partial charge is 0.486 e. The summed E-state index contributed by atoms with van der Waals surface area (Å²) in [4.78, 5) is 62.8. The minimum absolute atomic E-state index is 0.0394. The van der Waals surface area contributed by atoms with E-state index in [2.05, 4.69) is 28.0 Å². The molecule has 4 aliphatic carbocycles. The maximum atomic E-state index is 14.8. The molecule has 2 aliphatic heterocycles. The van der Waals surface area contributed by atoms with Crippen LogP contribution in [0, 0.1) is 17.8 Å². The van der Waals surface area contributed by atoms with Crippen LogP contribution in [0.4, 0.5) is 4.79 Å². The second-order valence-electron chi connectivity index (χ2n) is 16.4. The summed E-state index contributed by atoms with van der Waals surface area (Å²) in [6.07, 6.45) is 14.0. The number of allylic oxidation sites excluding steroid dienone is 1. The monoisotopic (exact) mass is 773 g/mol. The van der Waals surface area contributed by atoms with E-state index in [1.54, 1.807) is 0 Å². The van der Waals surface area contributed by atoms with Crippen LogP contribution in [0.5, 0.6) is 5.75 Å². The van der Waals surface area contributed by atoms with Crippen LogP contribution in [0.1, 0.15) is 95.6 Å². The van der Waals surface area contributed by atoms with Crippen LogP contribution in [0.2, 0.25) is 0 Å². The van der Waals surface area contributed by atoms with Crippen molar-refractivity contribution in [2.75, 3.05) is 6.54 Å². The van der Waals surface area contributed by atoms with Crippen LogP contribution in [0.3, 0.4) is 0 Å². The summed E-state index contributed by atoms with van der Waals surface area (Å²) < 4.78 is 40.4. The summed E-state index contributed by atoms with van der Waals surface area (Å²) >= 11 is 0. The highest BCUT2D eigenvalue weighted by Crippen LogP contribution is 2.46. The summed E-state index contributed by atoms with van der Waals surface area (Å²) in [5, 5.41) is 6.07. The van der Waals surface area contributed by atoms with E-state index in [1.165, 1.54) is 11.0 Å². The minimum atomic E-state index is -3.88. The van der Waals surface area contributed by atoms with Gasteiger partial charge >= 0.3 is 6.09 Å². The lowest BCUT2D eigenvalue weighted by Gasteiger charge is -2.32. The van der Waals surface area contributed by atoms with Crippen molar-refractivity contribution >= 4 is 50.8 Å². The lowest BCUT2D eigenvalue weighted by Crippen LogP contribution is -2.59. The van der Waals surface area contributed by atoms with Gasteiger partial charge in [-0.1, -0.05) is 43.2 Å². The summed E-state index contributed by atoms with van der Waals surface area (Å²) in [6.45, 7) is 3.85. The zero-order valence-corrected chi connectivity index (χ0v) is 31.9. The maximum Gasteiger partial charge on any atom is 0.408 e. The van der Waals surface area contributed by atoms with Gasteiger partial charge in [-0.3, -0.25) is 19.1 Å². The molecule has 294 valence electrons. The van der Waals surface area contributed by atoms with Gasteiger partial charge in [-0.05, 0) is 101 Å². The number of alkyl carbamates (subject to hydrolysis) is 1. The molecular weight excluding hydrogens is 723 g/mol. The van der Waals surface area contributed by atoms with Crippen LogP contribution in [0.15, 0.2) is 49.1 Å². The van der Waals surface area contributed by atoms with Gasteiger partial charge in [0.25, 0.3) is 5.91 Å². The fourth-order valence-electron chi connectivity index (χ4n) is 9.23. The van der Waals surface area contributed by atoms with Gasteiger partial charge in [0, 0.05) is 17.7 Å². The molecule has 0 unspecified atom stereocenters. The first-order valence-electron chi connectivity index (χ1n) is 20.1. The highest BCUT2D eigenvalue weighted by atomic mass is 32.2. The third kappa shape index (κ3) is 7.84. The molecule has 1 aromatic carbocycles. The Morgan fingerprint density at radius 2 is 1.75 bits per heavy atom. The number of benzene rings is 1. The number of fused-ring (bicyclic) bond motifs is 5. The van der Waals surface area contributed by atoms with Gasteiger partial charge < -0.3 is 25.0 Å². The van der Waals surface area contributed by atoms with Crippen molar-refractivity contribution in [2.45, 2.75) is 125 Å². The Morgan fingerprint density at radius 3 is 2.51 bits per heavy atom. The van der Waals surface area contributed by atoms with Crippen molar-refractivity contribution in [2.24, 2.45) is 17.8 Å². The molecule has 5 fully saturated rings. The van der Waals surface area contributed by atoms with Gasteiger partial charge in [0.15, 0.2) is 0 Å². The molecule has 3 heterocycles. The van der Waals surface area contributed by atoms with Gasteiger partial charge in [0.2, 0.25) is 21.8 Å². The number of ether oxygens (including phenoxy) is 2. The van der Waals surface area contributed by atoms with Crippen molar-refractivity contribution in [3.8, 4) is 5.75 Å². The number of sulfonamides is 1. The lowest BCUT2D eigenvalue weighted by atomic mass is 9.96. The first kappa shape index (κ1) is 37.5. The molecule has 4 amide bonds. The molecule has 13 nitrogen and oxygen atoms in total. The molecule has 3 N–H and O–H groups in total. The number of hydrogen-bond donors (Lipinski definition) is 3. The number of para-hydroxylation sites is 1. The number of pyridine rings is 1. The number of aromatic nitrogens is 1. The Bertz CT molecular complexity index is 1990. The number of hydrogen-bond acceptors (Lipinski definition) is 9. The SMILES string of the molecule is C=C[C@H]1C[C@@]1(NC(=O)[C@@H]1C[C@@H]2CN1C(=O)[C@H](C1CCCC1)NC(=O)O[C@@H]1CCC[C@H]1CCC/C=C/c1nc3ccccc3cc1O2)C(=O)NS(=O)(=O)C1CC1. The average Bonchev–Trinajstić information content (AvgIpc) is 3.95. The number of carbonyl (C=O) groups is 4. The molecule has 1 saturated heterocycles. The predicted molar refractivity (Wildman–Crippen MR) is 205 cm³/mol. The van der Waals surface area contributed by atoms with Crippen molar-refractivity contribution in [1.29, 1.82) is 0 Å². The summed E-state index contributed by atoms with van der Waals surface area (Å²) in [5.41, 5.74) is -0.0687. The van der Waals surface area contributed by atoms with Crippen molar-refractivity contribution in [3.05, 3.63) is 54.8 Å². The van der Waals surface area contributed by atoms with E-state index < -0.39 is 68.7 Å². The molecule has 0 spiro atoms. The summed E-state index contributed by atoms with van der Waals surface area (Å²) in [5.74, 6) is -1.71. The van der Waals surface area contributed by atoms with Crippen LogP contribution < -0.4 is 20.1 Å². The smallest absolute Gasteiger partial charge is 0.408 e. The zero-order chi connectivity index (χ0) is 38.3. The van der Waals surface area contributed by atoms with E-state index in [0.29, 0.717) is 24.3 Å². The van der Waals surface area contributed by atoms with E-state index in [-0.39, 0.29) is 37.3 Å². The lowest BCUT2D eigenvalue weighted by molar-refractivity contribution is -0.142. The summed E-state index contributed by atoms with van der Waals surface area (Å²) in [7, 11) is -3.88. The predicted octanol–water partition coefficient (Wildman–Crippen LogP) is 4.90. The molecule has 2 bridgehead atoms. The molecule has 14 heteroatoms. The van der Waals surface area contributed by atoms with Crippen LogP contribution in [-0.4, -0.2) is 83.7 Å². The third-order valence-electron chi connectivity index (χ3n) is 12.6. The van der Waals surface area contributed by atoms with Crippen LogP contribution in [-0.2, 0) is 29.1 Å². The number of amides is 4. The Morgan fingerprint density at radius 1 is 0.982 bits per heavy atom. The molecule has 7 atom stereocenters. The quantitative estimate of drug-likeness (QED) is 0.331. The summed E-state index contributed by atoms with van der Waals surface area (Å²) in [6, 6.07) is 7.69. The molecule has 55 heavy (non-hydrogen) atoms. The van der Waals surface area contributed by atoms with Crippen molar-refractivity contribution in [1.82, 2.24) is 25.2 Å². The fraction of sp³-hybridized carbons (Fsp3) is 0.585. The first-order valence-corrected chi connectivity index (χ1v) is 21.6. The number of rotatable bonds is 7. The van der Waals surface area contributed by atoms with E-state index in [1.807, 2.05) is 36.4 Å². The van der Waals surface area contributed by atoms with E-state index >= 15 is 0 Å². The molecule has 0 radical (unpaired) electrons. The van der Waals surface area contributed by atoms with Crippen molar-refractivity contribution in [3.63, 3.8) is 0 Å². The average molecular weight is 774 g/mol. The van der Waals surface area contributed by atoms with Gasteiger partial charge in [0.05, 0.1) is 17.3 Å². The highest BCUT2D eigenvalue weighted by molar-refractivity contribution is 7.91.